The fourth-order valence-electron chi connectivity index (χ4n) is 2.99. The number of alkyl halides is 1. The monoisotopic (exact) mass is 187 g/mol. The number of likely N-dealkylation sites (tertiary alicyclic amines) is 1. The quantitative estimate of drug-likeness (QED) is 0.570. The number of halogens is 1. The van der Waals surface area contributed by atoms with Crippen molar-refractivity contribution >= 4 is 11.6 Å². The highest BCUT2D eigenvalue weighted by Crippen LogP contribution is 2.47. The number of rotatable bonds is 1. The minimum Gasteiger partial charge on any atom is -0.306 e. The molecule has 1 spiro atoms. The smallest absolute Gasteiger partial charge is 0.0251 e. The summed E-state index contributed by atoms with van der Waals surface area (Å²) in [6.07, 6.45) is 5.60. The number of hydrogen-bond donors (Lipinski definition) is 0. The van der Waals surface area contributed by atoms with Gasteiger partial charge in [-0.3, -0.25) is 0 Å². The fraction of sp³-hybridized carbons (Fsp3) is 1.00. The molecule has 2 fully saturated rings. The molecule has 1 saturated carbocycles. The summed E-state index contributed by atoms with van der Waals surface area (Å²) in [6.45, 7) is 2.62. The average Bonchev–Trinajstić information content (AvgIpc) is 2.61. The van der Waals surface area contributed by atoms with Gasteiger partial charge in [-0.2, -0.15) is 0 Å². The highest BCUT2D eigenvalue weighted by atomic mass is 35.5. The molecule has 1 aliphatic heterocycles. The third kappa shape index (κ3) is 1.49. The molecule has 12 heavy (non-hydrogen) atoms. The van der Waals surface area contributed by atoms with E-state index in [2.05, 4.69) is 11.9 Å². The van der Waals surface area contributed by atoms with Crippen LogP contribution in [0.3, 0.4) is 0 Å². The van der Waals surface area contributed by atoms with Gasteiger partial charge in [0.15, 0.2) is 0 Å². The molecule has 0 amide bonds. The topological polar surface area (TPSA) is 3.24 Å². The van der Waals surface area contributed by atoms with Gasteiger partial charge in [-0.1, -0.05) is 0 Å². The highest BCUT2D eigenvalue weighted by molar-refractivity contribution is 6.18. The van der Waals surface area contributed by atoms with Crippen LogP contribution in [-0.4, -0.2) is 30.9 Å². The van der Waals surface area contributed by atoms with Crippen LogP contribution in [0.2, 0.25) is 0 Å². The molecule has 1 aliphatic carbocycles. The molecule has 1 saturated heterocycles. The van der Waals surface area contributed by atoms with Crippen molar-refractivity contribution < 1.29 is 0 Å². The third-order valence-corrected chi connectivity index (χ3v) is 4.09. The summed E-state index contributed by atoms with van der Waals surface area (Å²) in [5.74, 6) is 1.70. The second kappa shape index (κ2) is 3.19. The molecule has 0 aromatic heterocycles. The van der Waals surface area contributed by atoms with Crippen molar-refractivity contribution in [1.82, 2.24) is 4.90 Å². The van der Waals surface area contributed by atoms with E-state index in [9.17, 15) is 0 Å². The van der Waals surface area contributed by atoms with Crippen LogP contribution in [0.25, 0.3) is 0 Å². The predicted octanol–water partition coefficient (Wildman–Crippen LogP) is 2.35. The van der Waals surface area contributed by atoms with E-state index in [1.165, 1.54) is 38.8 Å². The van der Waals surface area contributed by atoms with Gasteiger partial charge in [0.05, 0.1) is 0 Å². The fourth-order valence-corrected chi connectivity index (χ4v) is 3.25. The maximum atomic E-state index is 5.89. The predicted molar refractivity (Wildman–Crippen MR) is 52.6 cm³/mol. The van der Waals surface area contributed by atoms with Crippen molar-refractivity contribution in [2.45, 2.75) is 25.7 Å². The summed E-state index contributed by atoms with van der Waals surface area (Å²) in [6, 6.07) is 0. The van der Waals surface area contributed by atoms with Crippen LogP contribution in [-0.2, 0) is 0 Å². The molecule has 0 aromatic carbocycles. The number of nitrogens with zero attached hydrogens (tertiary/aromatic N) is 1. The first-order valence-corrected chi connectivity index (χ1v) is 5.52. The standard InChI is InChI=1S/C10H18ClN/c1-12-5-4-10(8-12)3-2-9(6-10)7-11/h9H,2-8H2,1H3/t9-,10+/m1/s1. The lowest BCUT2D eigenvalue weighted by molar-refractivity contribution is 0.282. The molecule has 0 bridgehead atoms. The van der Waals surface area contributed by atoms with Crippen LogP contribution in [0.4, 0.5) is 0 Å². The van der Waals surface area contributed by atoms with Gasteiger partial charge >= 0.3 is 0 Å². The first-order chi connectivity index (χ1) is 5.74. The zero-order valence-corrected chi connectivity index (χ0v) is 8.61. The zero-order valence-electron chi connectivity index (χ0n) is 7.85. The van der Waals surface area contributed by atoms with Crippen LogP contribution in [0.1, 0.15) is 25.7 Å². The highest BCUT2D eigenvalue weighted by Gasteiger charge is 2.42. The minimum absolute atomic E-state index is 0.675. The third-order valence-electron chi connectivity index (χ3n) is 3.65. The van der Waals surface area contributed by atoms with Crippen LogP contribution in [0.15, 0.2) is 0 Å². The van der Waals surface area contributed by atoms with Crippen molar-refractivity contribution in [3.05, 3.63) is 0 Å². The SMILES string of the molecule is CN1CC[C@]2(CC[C@@H](CCl)C2)C1. The van der Waals surface area contributed by atoms with Gasteiger partial charge in [-0.25, -0.2) is 0 Å². The molecule has 0 radical (unpaired) electrons. The molecule has 1 nitrogen and oxygen atoms in total. The van der Waals surface area contributed by atoms with Gasteiger partial charge < -0.3 is 4.90 Å². The van der Waals surface area contributed by atoms with Crippen molar-refractivity contribution in [2.75, 3.05) is 26.0 Å². The van der Waals surface area contributed by atoms with Gasteiger partial charge in [0.1, 0.15) is 0 Å². The Balaban J connectivity index is 1.97. The average molecular weight is 188 g/mol. The van der Waals surface area contributed by atoms with Crippen LogP contribution in [0.5, 0.6) is 0 Å². The molecule has 0 aromatic rings. The second-order valence-electron chi connectivity index (χ2n) is 4.75. The Labute approximate surface area is 80.1 Å². The summed E-state index contributed by atoms with van der Waals surface area (Å²) < 4.78 is 0. The zero-order chi connectivity index (χ0) is 8.60. The van der Waals surface area contributed by atoms with E-state index in [-0.39, 0.29) is 0 Å². The van der Waals surface area contributed by atoms with E-state index in [1.807, 2.05) is 0 Å². The van der Waals surface area contributed by atoms with Crippen LogP contribution < -0.4 is 0 Å². The summed E-state index contributed by atoms with van der Waals surface area (Å²) in [5.41, 5.74) is 0.675. The Kier molecular flexibility index (Phi) is 2.35. The van der Waals surface area contributed by atoms with Crippen LogP contribution >= 0.6 is 11.6 Å². The molecule has 0 N–H and O–H groups in total. The summed E-state index contributed by atoms with van der Waals surface area (Å²) in [7, 11) is 2.24. The maximum absolute atomic E-state index is 5.89. The minimum atomic E-state index is 0.675. The molecule has 1 heterocycles. The van der Waals surface area contributed by atoms with Gasteiger partial charge in [0, 0.05) is 12.4 Å². The summed E-state index contributed by atoms with van der Waals surface area (Å²) in [5, 5.41) is 0. The molecule has 2 atom stereocenters. The molecule has 2 rings (SSSR count). The molecule has 70 valence electrons. The molecule has 2 aliphatic rings. The first-order valence-electron chi connectivity index (χ1n) is 4.99. The van der Waals surface area contributed by atoms with Crippen molar-refractivity contribution in [2.24, 2.45) is 11.3 Å². The van der Waals surface area contributed by atoms with Gasteiger partial charge in [-0.05, 0) is 50.6 Å². The van der Waals surface area contributed by atoms with Crippen molar-refractivity contribution in [3.8, 4) is 0 Å². The molecule has 0 unspecified atom stereocenters. The second-order valence-corrected chi connectivity index (χ2v) is 5.06. The van der Waals surface area contributed by atoms with Crippen molar-refractivity contribution in [3.63, 3.8) is 0 Å². The Hall–Kier alpha value is 0.250. The Morgan fingerprint density at radius 1 is 1.50 bits per heavy atom. The lowest BCUT2D eigenvalue weighted by Crippen LogP contribution is -2.22. The molecular weight excluding hydrogens is 170 g/mol. The van der Waals surface area contributed by atoms with E-state index in [0.717, 1.165) is 11.8 Å². The van der Waals surface area contributed by atoms with E-state index in [4.69, 9.17) is 11.6 Å². The first kappa shape index (κ1) is 8.83. The number of hydrogen-bond acceptors (Lipinski definition) is 1. The summed E-state index contributed by atoms with van der Waals surface area (Å²) >= 11 is 5.89. The van der Waals surface area contributed by atoms with Crippen molar-refractivity contribution in [1.29, 1.82) is 0 Å². The maximum Gasteiger partial charge on any atom is 0.0251 e. The van der Waals surface area contributed by atoms with E-state index >= 15 is 0 Å². The van der Waals surface area contributed by atoms with Gasteiger partial charge in [-0.15, -0.1) is 11.6 Å². The van der Waals surface area contributed by atoms with Crippen LogP contribution in [0, 0.1) is 11.3 Å². The Morgan fingerprint density at radius 2 is 2.33 bits per heavy atom. The van der Waals surface area contributed by atoms with Gasteiger partial charge in [0.25, 0.3) is 0 Å². The van der Waals surface area contributed by atoms with E-state index in [1.54, 1.807) is 0 Å². The largest absolute Gasteiger partial charge is 0.306 e. The van der Waals surface area contributed by atoms with E-state index < -0.39 is 0 Å². The normalized spacial score (nSPS) is 43.0. The Bertz CT molecular complexity index is 171. The molecule has 2 heteroatoms. The Morgan fingerprint density at radius 3 is 2.83 bits per heavy atom. The summed E-state index contributed by atoms with van der Waals surface area (Å²) in [4.78, 5) is 2.47. The molecular formula is C10H18ClN. The lowest BCUT2D eigenvalue weighted by atomic mass is 9.85. The lowest BCUT2D eigenvalue weighted by Gasteiger charge is -2.22. The van der Waals surface area contributed by atoms with Gasteiger partial charge in [0.2, 0.25) is 0 Å². The van der Waals surface area contributed by atoms with E-state index in [0.29, 0.717) is 5.41 Å².